The summed E-state index contributed by atoms with van der Waals surface area (Å²) in [7, 11) is 0. The van der Waals surface area contributed by atoms with Crippen LogP contribution >= 0.6 is 0 Å². The minimum absolute atomic E-state index is 0.717. The number of anilines is 2. The van der Waals surface area contributed by atoms with Crippen molar-refractivity contribution < 1.29 is 0 Å². The Morgan fingerprint density at radius 1 is 1.31 bits per heavy atom. The van der Waals surface area contributed by atoms with Crippen molar-refractivity contribution in [3.63, 3.8) is 0 Å². The standard InChI is InChI=1S/C14H20N2/c1-11-4-3-9-16(11)13-6-7-14-12(10-13)5-2-8-15-14/h6-7,10-11,15H,2-5,8-9H2,1H3. The Kier molecular flexibility index (Phi) is 2.50. The molecule has 1 fully saturated rings. The van der Waals surface area contributed by atoms with Gasteiger partial charge in [0.2, 0.25) is 0 Å². The average molecular weight is 216 g/mol. The molecule has 0 spiro atoms. The van der Waals surface area contributed by atoms with Gasteiger partial charge >= 0.3 is 0 Å². The normalized spacial score (nSPS) is 24.1. The van der Waals surface area contributed by atoms with Crippen molar-refractivity contribution in [3.05, 3.63) is 23.8 Å². The molecule has 0 aliphatic carbocycles. The van der Waals surface area contributed by atoms with Gasteiger partial charge < -0.3 is 10.2 Å². The lowest BCUT2D eigenvalue weighted by Crippen LogP contribution is -2.26. The SMILES string of the molecule is CC1CCCN1c1ccc2c(c1)CCCN2. The van der Waals surface area contributed by atoms with E-state index >= 15 is 0 Å². The first-order valence-electron chi connectivity index (χ1n) is 6.48. The first kappa shape index (κ1) is 10.0. The number of nitrogens with one attached hydrogen (secondary N) is 1. The number of fused-ring (bicyclic) bond motifs is 1. The van der Waals surface area contributed by atoms with Gasteiger partial charge in [-0.3, -0.25) is 0 Å². The number of hydrogen-bond donors (Lipinski definition) is 1. The van der Waals surface area contributed by atoms with Crippen molar-refractivity contribution in [2.24, 2.45) is 0 Å². The second-order valence-corrected chi connectivity index (χ2v) is 5.06. The molecule has 1 aromatic rings. The lowest BCUT2D eigenvalue weighted by atomic mass is 10.0. The Labute approximate surface area is 97.6 Å². The maximum absolute atomic E-state index is 3.47. The predicted molar refractivity (Wildman–Crippen MR) is 69.3 cm³/mol. The van der Waals surface area contributed by atoms with Crippen molar-refractivity contribution in [1.82, 2.24) is 0 Å². The zero-order valence-corrected chi connectivity index (χ0v) is 10.00. The number of hydrogen-bond acceptors (Lipinski definition) is 2. The molecular weight excluding hydrogens is 196 g/mol. The topological polar surface area (TPSA) is 15.3 Å². The third-order valence-electron chi connectivity index (χ3n) is 3.91. The van der Waals surface area contributed by atoms with Crippen LogP contribution < -0.4 is 10.2 Å². The highest BCUT2D eigenvalue weighted by Gasteiger charge is 2.21. The van der Waals surface area contributed by atoms with Gasteiger partial charge in [0, 0.05) is 30.5 Å². The van der Waals surface area contributed by atoms with Gasteiger partial charge in [0.25, 0.3) is 0 Å². The summed E-state index contributed by atoms with van der Waals surface area (Å²) in [6, 6.07) is 7.64. The van der Waals surface area contributed by atoms with Crippen LogP contribution in [0, 0.1) is 0 Å². The van der Waals surface area contributed by atoms with Crippen molar-refractivity contribution in [3.8, 4) is 0 Å². The van der Waals surface area contributed by atoms with E-state index in [0.717, 1.165) is 12.6 Å². The molecule has 1 saturated heterocycles. The number of nitrogens with zero attached hydrogens (tertiary/aromatic N) is 1. The summed E-state index contributed by atoms with van der Waals surface area (Å²) in [6.45, 7) is 4.70. The van der Waals surface area contributed by atoms with E-state index in [1.54, 1.807) is 0 Å². The summed E-state index contributed by atoms with van der Waals surface area (Å²) < 4.78 is 0. The molecule has 0 amide bonds. The smallest absolute Gasteiger partial charge is 0.0374 e. The Morgan fingerprint density at radius 2 is 2.25 bits per heavy atom. The summed E-state index contributed by atoms with van der Waals surface area (Å²) in [5, 5.41) is 3.47. The molecule has 2 nitrogen and oxygen atoms in total. The molecule has 2 heterocycles. The molecule has 1 atom stereocenters. The molecule has 1 N–H and O–H groups in total. The Morgan fingerprint density at radius 3 is 3.06 bits per heavy atom. The van der Waals surface area contributed by atoms with Crippen LogP contribution in [-0.2, 0) is 6.42 Å². The maximum atomic E-state index is 3.47. The van der Waals surface area contributed by atoms with Gasteiger partial charge in [-0.15, -0.1) is 0 Å². The van der Waals surface area contributed by atoms with E-state index in [0.29, 0.717) is 0 Å². The fourth-order valence-corrected chi connectivity index (χ4v) is 2.96. The molecule has 86 valence electrons. The van der Waals surface area contributed by atoms with Crippen LogP contribution in [-0.4, -0.2) is 19.1 Å². The largest absolute Gasteiger partial charge is 0.385 e. The fourth-order valence-electron chi connectivity index (χ4n) is 2.96. The molecule has 1 aromatic carbocycles. The first-order valence-corrected chi connectivity index (χ1v) is 6.48. The van der Waals surface area contributed by atoms with Crippen molar-refractivity contribution >= 4 is 11.4 Å². The lowest BCUT2D eigenvalue weighted by Gasteiger charge is -2.26. The van der Waals surface area contributed by atoms with Crippen molar-refractivity contribution in [2.75, 3.05) is 23.3 Å². The van der Waals surface area contributed by atoms with E-state index in [1.807, 2.05) is 0 Å². The third-order valence-corrected chi connectivity index (χ3v) is 3.91. The molecule has 0 saturated carbocycles. The average Bonchev–Trinajstić information content (AvgIpc) is 2.75. The molecular formula is C14H20N2. The molecule has 16 heavy (non-hydrogen) atoms. The minimum atomic E-state index is 0.717. The summed E-state index contributed by atoms with van der Waals surface area (Å²) in [6.07, 6.45) is 5.19. The van der Waals surface area contributed by atoms with E-state index in [2.05, 4.69) is 35.3 Å². The molecule has 2 aliphatic heterocycles. The van der Waals surface area contributed by atoms with Gasteiger partial charge in [0.05, 0.1) is 0 Å². The maximum Gasteiger partial charge on any atom is 0.0374 e. The molecule has 0 aromatic heterocycles. The highest BCUT2D eigenvalue weighted by atomic mass is 15.2. The lowest BCUT2D eigenvalue weighted by molar-refractivity contribution is 0.733. The zero-order valence-electron chi connectivity index (χ0n) is 10.00. The van der Waals surface area contributed by atoms with Gasteiger partial charge in [-0.25, -0.2) is 0 Å². The second-order valence-electron chi connectivity index (χ2n) is 5.06. The van der Waals surface area contributed by atoms with Gasteiger partial charge in [-0.05, 0) is 56.4 Å². The Balaban J connectivity index is 1.90. The predicted octanol–water partition coefficient (Wildman–Crippen LogP) is 3.03. The minimum Gasteiger partial charge on any atom is -0.385 e. The van der Waals surface area contributed by atoms with Gasteiger partial charge in [0.1, 0.15) is 0 Å². The van der Waals surface area contributed by atoms with Crippen LogP contribution in [0.25, 0.3) is 0 Å². The molecule has 0 bridgehead atoms. The van der Waals surface area contributed by atoms with Gasteiger partial charge in [0.15, 0.2) is 0 Å². The van der Waals surface area contributed by atoms with Gasteiger partial charge in [-0.1, -0.05) is 0 Å². The second kappa shape index (κ2) is 4.00. The van der Waals surface area contributed by atoms with Crippen LogP contribution in [0.3, 0.4) is 0 Å². The van der Waals surface area contributed by atoms with Crippen LogP contribution in [0.4, 0.5) is 11.4 Å². The van der Waals surface area contributed by atoms with E-state index in [1.165, 1.54) is 49.2 Å². The summed E-state index contributed by atoms with van der Waals surface area (Å²) >= 11 is 0. The Hall–Kier alpha value is -1.18. The highest BCUT2D eigenvalue weighted by Crippen LogP contribution is 2.30. The Bertz CT molecular complexity index is 386. The third kappa shape index (κ3) is 1.66. The van der Waals surface area contributed by atoms with Gasteiger partial charge in [-0.2, -0.15) is 0 Å². The number of rotatable bonds is 1. The molecule has 2 heteroatoms. The van der Waals surface area contributed by atoms with E-state index in [4.69, 9.17) is 0 Å². The van der Waals surface area contributed by atoms with Crippen LogP contribution in [0.15, 0.2) is 18.2 Å². The van der Waals surface area contributed by atoms with Crippen LogP contribution in [0.2, 0.25) is 0 Å². The monoisotopic (exact) mass is 216 g/mol. The van der Waals surface area contributed by atoms with Crippen molar-refractivity contribution in [2.45, 2.75) is 38.6 Å². The van der Waals surface area contributed by atoms with Crippen LogP contribution in [0.1, 0.15) is 31.7 Å². The molecule has 3 rings (SSSR count). The number of aryl methyl sites for hydroxylation is 1. The summed E-state index contributed by atoms with van der Waals surface area (Å²) in [4.78, 5) is 2.55. The molecule has 1 unspecified atom stereocenters. The fraction of sp³-hybridized carbons (Fsp3) is 0.571. The zero-order chi connectivity index (χ0) is 11.0. The highest BCUT2D eigenvalue weighted by molar-refractivity contribution is 5.62. The quantitative estimate of drug-likeness (QED) is 0.776. The van der Waals surface area contributed by atoms with E-state index in [9.17, 15) is 0 Å². The van der Waals surface area contributed by atoms with E-state index < -0.39 is 0 Å². The van der Waals surface area contributed by atoms with Crippen LogP contribution in [0.5, 0.6) is 0 Å². The summed E-state index contributed by atoms with van der Waals surface area (Å²) in [5.74, 6) is 0. The first-order chi connectivity index (χ1) is 7.84. The molecule has 0 radical (unpaired) electrons. The molecule has 2 aliphatic rings. The number of benzene rings is 1. The van der Waals surface area contributed by atoms with Crippen molar-refractivity contribution in [1.29, 1.82) is 0 Å². The van der Waals surface area contributed by atoms with E-state index in [-0.39, 0.29) is 0 Å². The summed E-state index contributed by atoms with van der Waals surface area (Å²) in [5.41, 5.74) is 4.28.